The van der Waals surface area contributed by atoms with Gasteiger partial charge in [0.15, 0.2) is 0 Å². The van der Waals surface area contributed by atoms with Crippen molar-refractivity contribution in [3.05, 3.63) is 59.7 Å². The van der Waals surface area contributed by atoms with E-state index in [-0.39, 0.29) is 12.0 Å². The molecule has 3 rings (SSSR count). The summed E-state index contributed by atoms with van der Waals surface area (Å²) < 4.78 is 6.34. The number of carbonyl (C=O) groups excluding carboxylic acids is 1. The van der Waals surface area contributed by atoms with Crippen molar-refractivity contribution >= 4 is 11.6 Å². The van der Waals surface area contributed by atoms with Crippen molar-refractivity contribution in [2.75, 3.05) is 5.32 Å². The lowest BCUT2D eigenvalue weighted by Crippen LogP contribution is -2.14. The molecule has 2 aromatic rings. The van der Waals surface area contributed by atoms with Crippen LogP contribution in [0.4, 0.5) is 5.69 Å². The molecule has 0 spiro atoms. The molecule has 3 heteroatoms. The second kappa shape index (κ2) is 6.86. The number of nitrogens with one attached hydrogen (secondary N) is 1. The molecule has 1 N–H and O–H groups in total. The zero-order valence-electron chi connectivity index (χ0n) is 13.7. The van der Waals surface area contributed by atoms with Gasteiger partial charge in [-0.05, 0) is 36.1 Å². The maximum absolute atomic E-state index is 11.2. The van der Waals surface area contributed by atoms with Crippen LogP contribution in [0.2, 0.25) is 0 Å². The van der Waals surface area contributed by atoms with Crippen molar-refractivity contribution in [2.45, 2.75) is 39.2 Å². The molecule has 0 aliphatic heterocycles. The first-order chi connectivity index (χ1) is 11.2. The molecular formula is C20H23NO2. The Morgan fingerprint density at radius 2 is 2.04 bits per heavy atom. The summed E-state index contributed by atoms with van der Waals surface area (Å²) in [6.45, 7) is 3.73. The van der Waals surface area contributed by atoms with Crippen molar-refractivity contribution in [1.82, 2.24) is 0 Å². The number of carbonyl (C=O) groups is 1. The molecule has 1 aliphatic carbocycles. The molecule has 0 aromatic heterocycles. The van der Waals surface area contributed by atoms with E-state index in [1.54, 1.807) is 0 Å². The highest BCUT2D eigenvalue weighted by Gasteiger charge is 2.33. The zero-order valence-corrected chi connectivity index (χ0v) is 13.7. The van der Waals surface area contributed by atoms with E-state index >= 15 is 0 Å². The number of hydrogen-bond donors (Lipinski definition) is 1. The number of rotatable bonds is 5. The minimum absolute atomic E-state index is 0.0720. The highest BCUT2D eigenvalue weighted by atomic mass is 16.5. The normalized spacial score (nSPS) is 19.2. The molecule has 2 atom stereocenters. The van der Waals surface area contributed by atoms with Crippen LogP contribution < -0.4 is 10.1 Å². The van der Waals surface area contributed by atoms with Gasteiger partial charge in [-0.3, -0.25) is 4.79 Å². The summed E-state index contributed by atoms with van der Waals surface area (Å²) in [6.07, 6.45) is 3.49. The molecule has 0 saturated carbocycles. The van der Waals surface area contributed by atoms with Crippen LogP contribution in [0.3, 0.4) is 0 Å². The van der Waals surface area contributed by atoms with Gasteiger partial charge >= 0.3 is 0 Å². The van der Waals surface area contributed by atoms with Crippen molar-refractivity contribution in [3.8, 4) is 5.75 Å². The lowest BCUT2D eigenvalue weighted by Gasteiger charge is -2.22. The average molecular weight is 309 g/mol. The highest BCUT2D eigenvalue weighted by Crippen LogP contribution is 2.41. The van der Waals surface area contributed by atoms with Gasteiger partial charge < -0.3 is 10.1 Å². The van der Waals surface area contributed by atoms with Gasteiger partial charge in [-0.25, -0.2) is 0 Å². The Labute approximate surface area is 137 Å². The van der Waals surface area contributed by atoms with E-state index in [4.69, 9.17) is 4.74 Å². The van der Waals surface area contributed by atoms with E-state index in [2.05, 4.69) is 36.5 Å². The van der Waals surface area contributed by atoms with Crippen molar-refractivity contribution in [1.29, 1.82) is 0 Å². The van der Waals surface area contributed by atoms with Crippen LogP contribution in [-0.2, 0) is 11.2 Å². The van der Waals surface area contributed by atoms with Crippen LogP contribution in [0.5, 0.6) is 5.75 Å². The van der Waals surface area contributed by atoms with Gasteiger partial charge in [0, 0.05) is 24.6 Å². The second-order valence-corrected chi connectivity index (χ2v) is 6.20. The van der Waals surface area contributed by atoms with Crippen LogP contribution in [0, 0.1) is 5.92 Å². The molecule has 2 aromatic carbocycles. The topological polar surface area (TPSA) is 38.3 Å². The number of ether oxygens (including phenoxy) is 1. The maximum Gasteiger partial charge on any atom is 0.221 e. The molecule has 0 saturated heterocycles. The molecule has 23 heavy (non-hydrogen) atoms. The molecule has 1 amide bonds. The predicted octanol–water partition coefficient (Wildman–Crippen LogP) is 4.74. The van der Waals surface area contributed by atoms with Gasteiger partial charge in [0.05, 0.1) is 0 Å². The van der Waals surface area contributed by atoms with Gasteiger partial charge in [-0.1, -0.05) is 43.7 Å². The quantitative estimate of drug-likeness (QED) is 0.866. The molecule has 3 nitrogen and oxygen atoms in total. The lowest BCUT2D eigenvalue weighted by atomic mass is 9.98. The van der Waals surface area contributed by atoms with E-state index in [9.17, 15) is 4.79 Å². The first kappa shape index (κ1) is 15.6. The first-order valence-electron chi connectivity index (χ1n) is 8.29. The summed E-state index contributed by atoms with van der Waals surface area (Å²) in [7, 11) is 0. The Kier molecular flexibility index (Phi) is 4.65. The zero-order chi connectivity index (χ0) is 16.2. The summed E-state index contributed by atoms with van der Waals surface area (Å²) in [5, 5.41) is 2.81. The van der Waals surface area contributed by atoms with Gasteiger partial charge in [0.1, 0.15) is 11.9 Å². The average Bonchev–Trinajstić information content (AvgIpc) is 2.85. The second-order valence-electron chi connectivity index (χ2n) is 6.20. The summed E-state index contributed by atoms with van der Waals surface area (Å²) in [5.74, 6) is 1.25. The summed E-state index contributed by atoms with van der Waals surface area (Å²) in [5.41, 5.74) is 3.47. The lowest BCUT2D eigenvalue weighted by molar-refractivity contribution is -0.114. The number of anilines is 1. The smallest absolute Gasteiger partial charge is 0.221 e. The van der Waals surface area contributed by atoms with E-state index < -0.39 is 0 Å². The first-order valence-corrected chi connectivity index (χ1v) is 8.29. The molecule has 1 aliphatic rings. The minimum atomic E-state index is -0.0720. The predicted molar refractivity (Wildman–Crippen MR) is 92.7 cm³/mol. The third kappa shape index (κ3) is 3.55. The van der Waals surface area contributed by atoms with Crippen LogP contribution in [-0.4, -0.2) is 5.91 Å². The van der Waals surface area contributed by atoms with E-state index in [1.807, 2.05) is 24.3 Å². The van der Waals surface area contributed by atoms with Crippen molar-refractivity contribution in [3.63, 3.8) is 0 Å². The van der Waals surface area contributed by atoms with Gasteiger partial charge in [-0.2, -0.15) is 0 Å². The molecule has 120 valence electrons. The molecular weight excluding hydrogens is 286 g/mol. The van der Waals surface area contributed by atoms with Gasteiger partial charge in [0.2, 0.25) is 5.91 Å². The third-order valence-corrected chi connectivity index (χ3v) is 4.35. The molecule has 0 bridgehead atoms. The standard InChI is InChI=1S/C20H23NO2/c1-3-7-16-12-15-8-4-5-11-19(15)20(16)23-18-10-6-9-17(13-18)21-14(2)22/h4-6,8-11,13,16,20H,3,7,12H2,1-2H3,(H,21,22)/t16-,20?/m1/s1. The maximum atomic E-state index is 11.2. The fourth-order valence-corrected chi connectivity index (χ4v) is 3.42. The van der Waals surface area contributed by atoms with E-state index in [1.165, 1.54) is 18.1 Å². The van der Waals surface area contributed by atoms with Gasteiger partial charge in [0.25, 0.3) is 0 Å². The SMILES string of the molecule is CCC[C@@H]1Cc2ccccc2C1Oc1cccc(NC(C)=O)c1. The third-order valence-electron chi connectivity index (χ3n) is 4.35. The van der Waals surface area contributed by atoms with Crippen LogP contribution in [0.1, 0.15) is 43.9 Å². The van der Waals surface area contributed by atoms with E-state index in [0.717, 1.165) is 30.7 Å². The molecule has 0 fully saturated rings. The number of benzene rings is 2. The Morgan fingerprint density at radius 3 is 2.83 bits per heavy atom. The summed E-state index contributed by atoms with van der Waals surface area (Å²) in [6, 6.07) is 16.2. The summed E-state index contributed by atoms with van der Waals surface area (Å²) in [4.78, 5) is 11.2. The molecule has 1 unspecified atom stereocenters. The molecule has 0 radical (unpaired) electrons. The Morgan fingerprint density at radius 1 is 1.22 bits per heavy atom. The van der Waals surface area contributed by atoms with Crippen molar-refractivity contribution in [2.24, 2.45) is 5.92 Å². The van der Waals surface area contributed by atoms with Crippen LogP contribution in [0.15, 0.2) is 48.5 Å². The van der Waals surface area contributed by atoms with Crippen LogP contribution >= 0.6 is 0 Å². The monoisotopic (exact) mass is 309 g/mol. The van der Waals surface area contributed by atoms with Gasteiger partial charge in [-0.15, -0.1) is 0 Å². The Hall–Kier alpha value is -2.29. The fraction of sp³-hybridized carbons (Fsp3) is 0.350. The number of fused-ring (bicyclic) bond motifs is 1. The van der Waals surface area contributed by atoms with Crippen molar-refractivity contribution < 1.29 is 9.53 Å². The van der Waals surface area contributed by atoms with Crippen LogP contribution in [0.25, 0.3) is 0 Å². The largest absolute Gasteiger partial charge is 0.485 e. The number of amides is 1. The van der Waals surface area contributed by atoms with E-state index in [0.29, 0.717) is 5.92 Å². The molecule has 0 heterocycles. The fourth-order valence-electron chi connectivity index (χ4n) is 3.42. The minimum Gasteiger partial charge on any atom is -0.485 e. The Bertz CT molecular complexity index is 696. The number of hydrogen-bond acceptors (Lipinski definition) is 2. The highest BCUT2D eigenvalue weighted by molar-refractivity contribution is 5.88. The Balaban J connectivity index is 1.83. The summed E-state index contributed by atoms with van der Waals surface area (Å²) >= 11 is 0.